The molecule has 0 saturated heterocycles. The van der Waals surface area contributed by atoms with Crippen LogP contribution in [0.3, 0.4) is 0 Å². The van der Waals surface area contributed by atoms with E-state index in [9.17, 15) is 4.79 Å². The normalized spacial score (nSPS) is 10.2. The molecule has 0 aliphatic carbocycles. The molecule has 6 nitrogen and oxygen atoms in total. The highest BCUT2D eigenvalue weighted by Crippen LogP contribution is 2.22. The Bertz CT molecular complexity index is 509. The van der Waals surface area contributed by atoms with Gasteiger partial charge in [-0.1, -0.05) is 0 Å². The summed E-state index contributed by atoms with van der Waals surface area (Å²) in [5.74, 6) is 0.193. The molecule has 0 bridgehead atoms. The summed E-state index contributed by atoms with van der Waals surface area (Å²) < 4.78 is 5.17. The van der Waals surface area contributed by atoms with Gasteiger partial charge in [-0.2, -0.15) is 5.26 Å². The molecule has 0 unspecified atom stereocenters. The van der Waals surface area contributed by atoms with E-state index >= 15 is 0 Å². The van der Waals surface area contributed by atoms with Gasteiger partial charge in [-0.05, 0) is 51.7 Å². The second-order valence-electron chi connectivity index (χ2n) is 4.97. The molecule has 3 N–H and O–H groups in total. The molecule has 6 heteroatoms. The maximum Gasteiger partial charge on any atom is 0.251 e. The van der Waals surface area contributed by atoms with Gasteiger partial charge in [0.25, 0.3) is 5.91 Å². The minimum absolute atomic E-state index is 0.0974. The first-order valence-corrected chi connectivity index (χ1v) is 6.87. The lowest BCUT2D eigenvalue weighted by Crippen LogP contribution is -2.25. The third-order valence-corrected chi connectivity index (χ3v) is 2.89. The number of nitrogen functional groups attached to an aromatic ring is 1. The number of unbranched alkanes of at least 4 members (excludes halogenated alkanes) is 1. The highest BCUT2D eigenvalue weighted by Gasteiger charge is 2.09. The minimum Gasteiger partial charge on any atom is -0.477 e. The van der Waals surface area contributed by atoms with Crippen LogP contribution in [0.2, 0.25) is 0 Å². The van der Waals surface area contributed by atoms with Gasteiger partial charge in [0, 0.05) is 12.1 Å². The van der Waals surface area contributed by atoms with Crippen LogP contribution in [0.4, 0.5) is 5.69 Å². The van der Waals surface area contributed by atoms with E-state index in [-0.39, 0.29) is 12.5 Å². The average Bonchev–Trinajstić information content (AvgIpc) is 2.45. The molecule has 114 valence electrons. The summed E-state index contributed by atoms with van der Waals surface area (Å²) in [6, 6.07) is 6.67. The molecule has 1 rings (SSSR count). The Morgan fingerprint density at radius 1 is 1.43 bits per heavy atom. The van der Waals surface area contributed by atoms with Crippen molar-refractivity contribution in [3.63, 3.8) is 0 Å². The molecule has 1 aromatic carbocycles. The van der Waals surface area contributed by atoms with Crippen LogP contribution in [-0.4, -0.2) is 44.6 Å². The standard InChI is InChI=1S/C15H22N4O2/c1-19(2)9-4-3-8-18-15(20)12-5-6-13(17)14(11-12)21-10-7-16/h5-6,11H,3-4,8-10,17H2,1-2H3,(H,18,20). The largest absolute Gasteiger partial charge is 0.477 e. The lowest BCUT2D eigenvalue weighted by atomic mass is 10.1. The van der Waals surface area contributed by atoms with Gasteiger partial charge in [0.05, 0.1) is 5.69 Å². The fourth-order valence-corrected chi connectivity index (χ4v) is 1.77. The number of ether oxygens (including phenoxy) is 1. The number of nitrogens with zero attached hydrogens (tertiary/aromatic N) is 2. The van der Waals surface area contributed by atoms with Gasteiger partial charge in [-0.15, -0.1) is 0 Å². The van der Waals surface area contributed by atoms with Crippen LogP contribution in [0, 0.1) is 11.3 Å². The van der Waals surface area contributed by atoms with Crippen LogP contribution in [-0.2, 0) is 0 Å². The van der Waals surface area contributed by atoms with Crippen molar-refractivity contribution in [2.75, 3.05) is 39.5 Å². The third kappa shape index (κ3) is 6.15. The molecule has 0 fully saturated rings. The number of anilines is 1. The van der Waals surface area contributed by atoms with Crippen molar-refractivity contribution in [3.05, 3.63) is 23.8 Å². The van der Waals surface area contributed by atoms with Gasteiger partial charge in [0.1, 0.15) is 11.8 Å². The first-order chi connectivity index (χ1) is 10.0. The molecule has 0 aliphatic heterocycles. The average molecular weight is 290 g/mol. The number of nitrogens with two attached hydrogens (primary N) is 1. The summed E-state index contributed by atoms with van der Waals surface area (Å²) in [5.41, 5.74) is 6.61. The van der Waals surface area contributed by atoms with Crippen molar-refractivity contribution < 1.29 is 9.53 Å². The first-order valence-electron chi connectivity index (χ1n) is 6.87. The third-order valence-electron chi connectivity index (χ3n) is 2.89. The predicted molar refractivity (Wildman–Crippen MR) is 82.1 cm³/mol. The number of rotatable bonds is 8. The lowest BCUT2D eigenvalue weighted by molar-refractivity contribution is 0.0952. The topological polar surface area (TPSA) is 91.4 Å². The monoisotopic (exact) mass is 290 g/mol. The van der Waals surface area contributed by atoms with Gasteiger partial charge in [-0.3, -0.25) is 4.79 Å². The number of hydrogen-bond donors (Lipinski definition) is 2. The van der Waals surface area contributed by atoms with E-state index in [1.54, 1.807) is 18.2 Å². The zero-order chi connectivity index (χ0) is 15.7. The molecule has 1 amide bonds. The molecular weight excluding hydrogens is 268 g/mol. The van der Waals surface area contributed by atoms with E-state index < -0.39 is 0 Å². The summed E-state index contributed by atoms with van der Waals surface area (Å²) in [5, 5.41) is 11.4. The Morgan fingerprint density at radius 2 is 2.19 bits per heavy atom. The Labute approximate surface area is 125 Å². The van der Waals surface area contributed by atoms with Gasteiger partial charge >= 0.3 is 0 Å². The molecular formula is C15H22N4O2. The molecule has 0 heterocycles. The molecule has 0 spiro atoms. The number of hydrogen-bond acceptors (Lipinski definition) is 5. The Hall–Kier alpha value is -2.26. The number of carbonyl (C=O) groups is 1. The van der Waals surface area contributed by atoms with Crippen LogP contribution in [0.15, 0.2) is 18.2 Å². The summed E-state index contributed by atoms with van der Waals surface area (Å²) >= 11 is 0. The van der Waals surface area contributed by atoms with E-state index in [0.29, 0.717) is 23.5 Å². The quantitative estimate of drug-likeness (QED) is 0.555. The Kier molecular flexibility index (Phi) is 7.05. The van der Waals surface area contributed by atoms with Crippen LogP contribution in [0.1, 0.15) is 23.2 Å². The van der Waals surface area contributed by atoms with Crippen molar-refractivity contribution in [3.8, 4) is 11.8 Å². The van der Waals surface area contributed by atoms with E-state index in [1.807, 2.05) is 20.2 Å². The SMILES string of the molecule is CN(C)CCCCNC(=O)c1ccc(N)c(OCC#N)c1. The minimum atomic E-state index is -0.165. The van der Waals surface area contributed by atoms with Crippen molar-refractivity contribution >= 4 is 11.6 Å². The Balaban J connectivity index is 2.48. The van der Waals surface area contributed by atoms with Crippen molar-refractivity contribution in [1.29, 1.82) is 5.26 Å². The number of nitriles is 1. The highest BCUT2D eigenvalue weighted by atomic mass is 16.5. The molecule has 0 radical (unpaired) electrons. The van der Waals surface area contributed by atoms with E-state index in [0.717, 1.165) is 19.4 Å². The zero-order valence-electron chi connectivity index (χ0n) is 12.6. The fourth-order valence-electron chi connectivity index (χ4n) is 1.77. The lowest BCUT2D eigenvalue weighted by Gasteiger charge is -2.10. The van der Waals surface area contributed by atoms with Crippen LogP contribution in [0.25, 0.3) is 0 Å². The van der Waals surface area contributed by atoms with Gasteiger partial charge < -0.3 is 20.7 Å². The maximum absolute atomic E-state index is 12.0. The van der Waals surface area contributed by atoms with Crippen LogP contribution in [0.5, 0.6) is 5.75 Å². The van der Waals surface area contributed by atoms with E-state index in [1.165, 1.54) is 0 Å². The summed E-state index contributed by atoms with van der Waals surface area (Å²) in [6.45, 7) is 1.54. The smallest absolute Gasteiger partial charge is 0.251 e. The number of nitrogens with one attached hydrogen (secondary N) is 1. The molecule has 0 aliphatic rings. The summed E-state index contributed by atoms with van der Waals surface area (Å²) in [6.07, 6.45) is 1.96. The molecule has 0 atom stereocenters. The zero-order valence-corrected chi connectivity index (χ0v) is 12.6. The Morgan fingerprint density at radius 3 is 2.86 bits per heavy atom. The number of carbonyl (C=O) groups excluding carboxylic acids is 1. The fraction of sp³-hybridized carbons (Fsp3) is 0.467. The number of benzene rings is 1. The number of amides is 1. The van der Waals surface area contributed by atoms with Gasteiger partial charge in [-0.25, -0.2) is 0 Å². The van der Waals surface area contributed by atoms with Gasteiger partial charge in [0.15, 0.2) is 6.61 Å². The predicted octanol–water partition coefficient (Wildman–Crippen LogP) is 1.24. The van der Waals surface area contributed by atoms with Crippen molar-refractivity contribution in [2.24, 2.45) is 0 Å². The molecule has 1 aromatic rings. The van der Waals surface area contributed by atoms with Crippen molar-refractivity contribution in [1.82, 2.24) is 10.2 Å². The van der Waals surface area contributed by atoms with Crippen LogP contribution < -0.4 is 15.8 Å². The second-order valence-corrected chi connectivity index (χ2v) is 4.97. The van der Waals surface area contributed by atoms with Crippen molar-refractivity contribution in [2.45, 2.75) is 12.8 Å². The van der Waals surface area contributed by atoms with E-state index in [4.69, 9.17) is 15.7 Å². The molecule has 0 aromatic heterocycles. The maximum atomic E-state index is 12.0. The van der Waals surface area contributed by atoms with Crippen LogP contribution >= 0.6 is 0 Å². The highest BCUT2D eigenvalue weighted by molar-refractivity contribution is 5.95. The van der Waals surface area contributed by atoms with E-state index in [2.05, 4.69) is 10.2 Å². The second kappa shape index (κ2) is 8.82. The summed E-state index contributed by atoms with van der Waals surface area (Å²) in [7, 11) is 4.05. The first kappa shape index (κ1) is 16.8. The molecule has 21 heavy (non-hydrogen) atoms. The summed E-state index contributed by atoms with van der Waals surface area (Å²) in [4.78, 5) is 14.1. The van der Waals surface area contributed by atoms with Gasteiger partial charge in [0.2, 0.25) is 0 Å². The molecule has 0 saturated carbocycles.